The highest BCUT2D eigenvalue weighted by Gasteiger charge is 2.23. The number of rotatable bonds is 5. The van der Waals surface area contributed by atoms with Crippen LogP contribution in [-0.4, -0.2) is 38.6 Å². The standard InChI is InChI=1S/C16H23ClN2O3S/c1-23(21,22)18-15(13-6-8-14(17)9-7-13)12-16(20)19-10-4-2-3-5-11-19/h6-9,15,18H,2-5,10-12H2,1H3/t15-/m1/s1. The second kappa shape index (κ2) is 8.13. The minimum atomic E-state index is -3.42. The van der Waals surface area contributed by atoms with Crippen LogP contribution in [0.25, 0.3) is 0 Å². The number of hydrogen-bond acceptors (Lipinski definition) is 3. The number of amides is 1. The third-order valence-electron chi connectivity index (χ3n) is 3.97. The van der Waals surface area contributed by atoms with Gasteiger partial charge in [-0.3, -0.25) is 4.79 Å². The van der Waals surface area contributed by atoms with E-state index in [-0.39, 0.29) is 12.3 Å². The van der Waals surface area contributed by atoms with Gasteiger partial charge in [0.1, 0.15) is 0 Å². The van der Waals surface area contributed by atoms with Crippen molar-refractivity contribution in [3.8, 4) is 0 Å². The lowest BCUT2D eigenvalue weighted by atomic mass is 10.0. The Morgan fingerprint density at radius 3 is 2.26 bits per heavy atom. The fourth-order valence-corrected chi connectivity index (χ4v) is 3.67. The van der Waals surface area contributed by atoms with E-state index in [1.807, 2.05) is 4.90 Å². The van der Waals surface area contributed by atoms with Crippen LogP contribution in [0.4, 0.5) is 0 Å². The van der Waals surface area contributed by atoms with Crippen molar-refractivity contribution in [3.05, 3.63) is 34.9 Å². The summed E-state index contributed by atoms with van der Waals surface area (Å²) in [6.07, 6.45) is 5.53. The molecule has 1 saturated heterocycles. The molecule has 5 nitrogen and oxygen atoms in total. The van der Waals surface area contributed by atoms with Gasteiger partial charge in [-0.2, -0.15) is 0 Å². The molecule has 1 amide bonds. The topological polar surface area (TPSA) is 66.5 Å². The molecule has 7 heteroatoms. The number of nitrogens with one attached hydrogen (secondary N) is 1. The largest absolute Gasteiger partial charge is 0.343 e. The van der Waals surface area contributed by atoms with Crippen molar-refractivity contribution in [1.82, 2.24) is 9.62 Å². The van der Waals surface area contributed by atoms with E-state index in [0.717, 1.165) is 50.6 Å². The van der Waals surface area contributed by atoms with Crippen molar-refractivity contribution in [2.75, 3.05) is 19.3 Å². The lowest BCUT2D eigenvalue weighted by Crippen LogP contribution is -2.36. The summed E-state index contributed by atoms with van der Waals surface area (Å²) in [5, 5.41) is 0.575. The van der Waals surface area contributed by atoms with E-state index in [0.29, 0.717) is 5.02 Å². The Labute approximate surface area is 143 Å². The van der Waals surface area contributed by atoms with Crippen molar-refractivity contribution >= 4 is 27.5 Å². The SMILES string of the molecule is CS(=O)(=O)N[C@H](CC(=O)N1CCCCCC1)c1ccc(Cl)cc1. The van der Waals surface area contributed by atoms with Crippen molar-refractivity contribution < 1.29 is 13.2 Å². The molecule has 1 atom stereocenters. The highest BCUT2D eigenvalue weighted by molar-refractivity contribution is 7.88. The van der Waals surface area contributed by atoms with Crippen LogP contribution in [0.3, 0.4) is 0 Å². The molecular formula is C16H23ClN2O3S. The summed E-state index contributed by atoms with van der Waals surface area (Å²) in [5.74, 6) is -0.0111. The summed E-state index contributed by atoms with van der Waals surface area (Å²) >= 11 is 5.88. The lowest BCUT2D eigenvalue weighted by molar-refractivity contribution is -0.131. The van der Waals surface area contributed by atoms with Crippen molar-refractivity contribution in [2.45, 2.75) is 38.1 Å². The van der Waals surface area contributed by atoms with Crippen molar-refractivity contribution in [2.24, 2.45) is 0 Å². The summed E-state index contributed by atoms with van der Waals surface area (Å²) in [5.41, 5.74) is 0.739. The minimum absolute atomic E-state index is 0.0111. The molecule has 1 aliphatic heterocycles. The van der Waals surface area contributed by atoms with Gasteiger partial charge in [-0.1, -0.05) is 36.6 Å². The molecule has 1 aromatic carbocycles. The van der Waals surface area contributed by atoms with Crippen LogP contribution in [-0.2, 0) is 14.8 Å². The van der Waals surface area contributed by atoms with Crippen LogP contribution in [0.5, 0.6) is 0 Å². The van der Waals surface area contributed by atoms with E-state index in [1.54, 1.807) is 24.3 Å². The fraction of sp³-hybridized carbons (Fsp3) is 0.562. The van der Waals surface area contributed by atoms with Gasteiger partial charge in [-0.25, -0.2) is 13.1 Å². The van der Waals surface area contributed by atoms with E-state index in [1.165, 1.54) is 0 Å². The number of carbonyl (C=O) groups is 1. The zero-order valence-corrected chi connectivity index (χ0v) is 14.9. The van der Waals surface area contributed by atoms with Gasteiger partial charge in [-0.05, 0) is 30.5 Å². The van der Waals surface area contributed by atoms with Crippen LogP contribution in [0.15, 0.2) is 24.3 Å². The van der Waals surface area contributed by atoms with Gasteiger partial charge < -0.3 is 4.90 Å². The average molecular weight is 359 g/mol. The Kier molecular flexibility index (Phi) is 6.44. The second-order valence-electron chi connectivity index (χ2n) is 5.99. The molecule has 0 aliphatic carbocycles. The number of sulfonamides is 1. The summed E-state index contributed by atoms with van der Waals surface area (Å²) in [6.45, 7) is 1.51. The molecule has 23 heavy (non-hydrogen) atoms. The number of hydrogen-bond donors (Lipinski definition) is 1. The zero-order chi connectivity index (χ0) is 16.9. The first kappa shape index (κ1) is 18.2. The molecule has 1 fully saturated rings. The van der Waals surface area contributed by atoms with Gasteiger partial charge in [0.25, 0.3) is 0 Å². The molecule has 1 N–H and O–H groups in total. The summed E-state index contributed by atoms with van der Waals surface area (Å²) in [4.78, 5) is 14.4. The highest BCUT2D eigenvalue weighted by atomic mass is 35.5. The number of likely N-dealkylation sites (tertiary alicyclic amines) is 1. The summed E-state index contributed by atoms with van der Waals surface area (Å²) < 4.78 is 25.8. The normalized spacial score (nSPS) is 17.6. The van der Waals surface area contributed by atoms with Crippen LogP contribution in [0.2, 0.25) is 5.02 Å². The first-order valence-corrected chi connectivity index (χ1v) is 10.1. The predicted octanol–water partition coefficient (Wildman–Crippen LogP) is 2.72. The van der Waals surface area contributed by atoms with E-state index < -0.39 is 16.1 Å². The Morgan fingerprint density at radius 1 is 1.17 bits per heavy atom. The van der Waals surface area contributed by atoms with Crippen LogP contribution >= 0.6 is 11.6 Å². The molecule has 1 aromatic rings. The van der Waals surface area contributed by atoms with Crippen molar-refractivity contribution in [3.63, 3.8) is 0 Å². The third-order valence-corrected chi connectivity index (χ3v) is 4.93. The molecule has 0 bridgehead atoms. The molecule has 0 spiro atoms. The molecular weight excluding hydrogens is 336 g/mol. The predicted molar refractivity (Wildman–Crippen MR) is 91.8 cm³/mol. The Morgan fingerprint density at radius 2 is 1.74 bits per heavy atom. The maximum absolute atomic E-state index is 12.6. The Balaban J connectivity index is 2.13. The molecule has 0 saturated carbocycles. The molecule has 128 valence electrons. The molecule has 0 unspecified atom stereocenters. The van der Waals surface area contributed by atoms with Crippen LogP contribution in [0.1, 0.15) is 43.7 Å². The van der Waals surface area contributed by atoms with Gasteiger partial charge >= 0.3 is 0 Å². The first-order chi connectivity index (χ1) is 10.8. The maximum atomic E-state index is 12.6. The fourth-order valence-electron chi connectivity index (χ4n) is 2.80. The van der Waals surface area contributed by atoms with E-state index in [2.05, 4.69) is 4.72 Å². The summed E-state index contributed by atoms with van der Waals surface area (Å²) in [7, 11) is -3.42. The minimum Gasteiger partial charge on any atom is -0.343 e. The van der Waals surface area contributed by atoms with Gasteiger partial charge in [0.15, 0.2) is 0 Å². The molecule has 1 heterocycles. The molecule has 0 radical (unpaired) electrons. The number of halogens is 1. The van der Waals surface area contributed by atoms with E-state index in [4.69, 9.17) is 11.6 Å². The van der Waals surface area contributed by atoms with E-state index >= 15 is 0 Å². The molecule has 1 aliphatic rings. The van der Waals surface area contributed by atoms with Crippen LogP contribution in [0, 0.1) is 0 Å². The van der Waals surface area contributed by atoms with Gasteiger partial charge in [0, 0.05) is 24.5 Å². The quantitative estimate of drug-likeness (QED) is 0.880. The molecule has 0 aromatic heterocycles. The third kappa shape index (κ3) is 6.12. The van der Waals surface area contributed by atoms with Crippen LogP contribution < -0.4 is 4.72 Å². The Bertz CT molecular complexity index is 623. The smallest absolute Gasteiger partial charge is 0.224 e. The van der Waals surface area contributed by atoms with Gasteiger partial charge in [0.2, 0.25) is 15.9 Å². The van der Waals surface area contributed by atoms with Gasteiger partial charge in [-0.15, -0.1) is 0 Å². The van der Waals surface area contributed by atoms with Gasteiger partial charge in [0.05, 0.1) is 12.3 Å². The second-order valence-corrected chi connectivity index (χ2v) is 8.21. The van der Waals surface area contributed by atoms with E-state index in [9.17, 15) is 13.2 Å². The molecule has 2 rings (SSSR count). The number of benzene rings is 1. The Hall–Kier alpha value is -1.11. The zero-order valence-electron chi connectivity index (χ0n) is 13.3. The lowest BCUT2D eigenvalue weighted by Gasteiger charge is -2.24. The number of carbonyl (C=O) groups excluding carboxylic acids is 1. The maximum Gasteiger partial charge on any atom is 0.224 e. The number of nitrogens with zero attached hydrogens (tertiary/aromatic N) is 1. The first-order valence-electron chi connectivity index (χ1n) is 7.86. The summed E-state index contributed by atoms with van der Waals surface area (Å²) in [6, 6.07) is 6.33. The van der Waals surface area contributed by atoms with Crippen molar-refractivity contribution in [1.29, 1.82) is 0 Å². The average Bonchev–Trinajstić information content (AvgIpc) is 2.75. The highest BCUT2D eigenvalue weighted by Crippen LogP contribution is 2.22. The monoisotopic (exact) mass is 358 g/mol.